The molecule has 0 spiro atoms. The molecule has 2 unspecified atom stereocenters. The van der Waals surface area contributed by atoms with Crippen molar-refractivity contribution in [1.82, 2.24) is 10.2 Å². The Morgan fingerprint density at radius 1 is 1.45 bits per heavy atom. The monoisotopic (exact) mass is 286 g/mol. The average molecular weight is 286 g/mol. The number of nitrogens with one attached hydrogen (secondary N) is 1. The van der Waals surface area contributed by atoms with Crippen molar-refractivity contribution in [3.8, 4) is 0 Å². The molecule has 0 saturated carbocycles. The van der Waals surface area contributed by atoms with E-state index in [9.17, 15) is 14.7 Å². The normalized spacial score (nSPS) is 21.4. The first-order valence-corrected chi connectivity index (χ1v) is 7.06. The number of carbonyl (C=O) groups excluding carboxylic acids is 1. The zero-order valence-electron chi connectivity index (χ0n) is 12.8. The van der Waals surface area contributed by atoms with Gasteiger partial charge in [0, 0.05) is 19.6 Å². The summed E-state index contributed by atoms with van der Waals surface area (Å²) < 4.78 is 5.37. The highest BCUT2D eigenvalue weighted by atomic mass is 16.5. The molecular formula is C14H26N2O4. The number of hydrogen-bond acceptors (Lipinski definition) is 3. The van der Waals surface area contributed by atoms with Gasteiger partial charge in [-0.1, -0.05) is 20.8 Å². The third kappa shape index (κ3) is 5.77. The summed E-state index contributed by atoms with van der Waals surface area (Å²) in [4.78, 5) is 24.9. The summed E-state index contributed by atoms with van der Waals surface area (Å²) in [7, 11) is 0. The summed E-state index contributed by atoms with van der Waals surface area (Å²) >= 11 is 0. The lowest BCUT2D eigenvalue weighted by molar-refractivity contribution is -0.142. The molecular weight excluding hydrogens is 260 g/mol. The van der Waals surface area contributed by atoms with Crippen LogP contribution in [0.3, 0.4) is 0 Å². The van der Waals surface area contributed by atoms with Crippen LogP contribution in [-0.4, -0.2) is 54.4 Å². The lowest BCUT2D eigenvalue weighted by Gasteiger charge is -2.31. The van der Waals surface area contributed by atoms with E-state index in [1.807, 2.05) is 27.7 Å². The summed E-state index contributed by atoms with van der Waals surface area (Å²) in [5.41, 5.74) is -0.0821. The maximum Gasteiger partial charge on any atom is 0.317 e. The molecule has 1 aliphatic rings. The number of morpholine rings is 1. The predicted octanol–water partition coefficient (Wildman–Crippen LogP) is 1.55. The molecule has 0 aromatic carbocycles. The van der Waals surface area contributed by atoms with Gasteiger partial charge in [0.2, 0.25) is 0 Å². The molecule has 6 nitrogen and oxygen atoms in total. The number of rotatable bonds is 4. The van der Waals surface area contributed by atoms with Crippen molar-refractivity contribution in [3.05, 3.63) is 0 Å². The molecule has 0 aromatic rings. The van der Waals surface area contributed by atoms with Gasteiger partial charge in [0.1, 0.15) is 0 Å². The maximum atomic E-state index is 12.0. The van der Waals surface area contributed by atoms with E-state index >= 15 is 0 Å². The molecule has 1 rings (SSSR count). The molecule has 6 heteroatoms. The molecule has 20 heavy (non-hydrogen) atoms. The van der Waals surface area contributed by atoms with E-state index in [0.717, 1.165) is 0 Å². The quantitative estimate of drug-likeness (QED) is 0.822. The van der Waals surface area contributed by atoms with E-state index in [1.165, 1.54) is 0 Å². The molecule has 0 bridgehead atoms. The molecule has 0 aromatic heterocycles. The average Bonchev–Trinajstić information content (AvgIpc) is 2.32. The summed E-state index contributed by atoms with van der Waals surface area (Å²) in [5, 5.41) is 11.9. The van der Waals surface area contributed by atoms with E-state index in [-0.39, 0.29) is 24.1 Å². The van der Waals surface area contributed by atoms with Crippen molar-refractivity contribution < 1.29 is 19.4 Å². The first-order valence-electron chi connectivity index (χ1n) is 7.06. The van der Waals surface area contributed by atoms with Gasteiger partial charge in [0.15, 0.2) is 0 Å². The van der Waals surface area contributed by atoms with Crippen molar-refractivity contribution in [2.45, 2.75) is 40.2 Å². The molecule has 1 saturated heterocycles. The van der Waals surface area contributed by atoms with Crippen LogP contribution >= 0.6 is 0 Å². The van der Waals surface area contributed by atoms with Crippen LogP contribution in [0, 0.1) is 11.3 Å². The SMILES string of the molecule is CC1CN(C(=O)NCC(CC(C)(C)C)C(=O)O)CCO1. The van der Waals surface area contributed by atoms with Gasteiger partial charge in [-0.2, -0.15) is 0 Å². The highest BCUT2D eigenvalue weighted by molar-refractivity contribution is 5.76. The second kappa shape index (κ2) is 6.92. The number of nitrogens with zero attached hydrogens (tertiary/aromatic N) is 1. The molecule has 2 amide bonds. The van der Waals surface area contributed by atoms with E-state index in [2.05, 4.69) is 5.32 Å². The Hall–Kier alpha value is -1.30. The highest BCUT2D eigenvalue weighted by Crippen LogP contribution is 2.24. The number of carboxylic acids is 1. The Kier molecular flexibility index (Phi) is 5.80. The van der Waals surface area contributed by atoms with Gasteiger partial charge in [0.05, 0.1) is 18.6 Å². The third-order valence-corrected chi connectivity index (χ3v) is 3.24. The predicted molar refractivity (Wildman–Crippen MR) is 75.6 cm³/mol. The fourth-order valence-corrected chi connectivity index (χ4v) is 2.31. The number of aliphatic carboxylic acids is 1. The van der Waals surface area contributed by atoms with Crippen LogP contribution in [0.15, 0.2) is 0 Å². The van der Waals surface area contributed by atoms with Crippen LogP contribution < -0.4 is 5.32 Å². The maximum absolute atomic E-state index is 12.0. The number of ether oxygens (including phenoxy) is 1. The van der Waals surface area contributed by atoms with Crippen molar-refractivity contribution in [3.63, 3.8) is 0 Å². The van der Waals surface area contributed by atoms with Gasteiger partial charge in [-0.05, 0) is 18.8 Å². The summed E-state index contributed by atoms with van der Waals surface area (Å²) in [5.74, 6) is -1.42. The fraction of sp³-hybridized carbons (Fsp3) is 0.857. The molecule has 1 aliphatic heterocycles. The Morgan fingerprint density at radius 3 is 2.60 bits per heavy atom. The lowest BCUT2D eigenvalue weighted by Crippen LogP contribution is -2.50. The first-order chi connectivity index (χ1) is 9.19. The zero-order valence-corrected chi connectivity index (χ0v) is 12.8. The molecule has 116 valence electrons. The zero-order chi connectivity index (χ0) is 15.3. The summed E-state index contributed by atoms with van der Waals surface area (Å²) in [6, 6.07) is -0.208. The van der Waals surface area contributed by atoms with Gasteiger partial charge >= 0.3 is 12.0 Å². The topological polar surface area (TPSA) is 78.9 Å². The third-order valence-electron chi connectivity index (χ3n) is 3.24. The van der Waals surface area contributed by atoms with Gasteiger partial charge in [-0.3, -0.25) is 4.79 Å². The minimum atomic E-state index is -0.865. The van der Waals surface area contributed by atoms with Crippen molar-refractivity contribution in [2.24, 2.45) is 11.3 Å². The summed E-state index contributed by atoms with van der Waals surface area (Å²) in [6.45, 7) is 9.68. The van der Waals surface area contributed by atoms with Crippen LogP contribution in [-0.2, 0) is 9.53 Å². The number of carbonyl (C=O) groups is 2. The molecule has 2 N–H and O–H groups in total. The number of amides is 2. The minimum absolute atomic E-state index is 0.0272. The highest BCUT2D eigenvalue weighted by Gasteiger charge is 2.27. The Morgan fingerprint density at radius 2 is 2.10 bits per heavy atom. The van der Waals surface area contributed by atoms with Gasteiger partial charge in [-0.25, -0.2) is 4.79 Å². The van der Waals surface area contributed by atoms with Crippen LogP contribution in [0.5, 0.6) is 0 Å². The van der Waals surface area contributed by atoms with E-state index in [4.69, 9.17) is 4.74 Å². The molecule has 1 heterocycles. The van der Waals surface area contributed by atoms with E-state index in [0.29, 0.717) is 26.1 Å². The number of hydrogen-bond donors (Lipinski definition) is 2. The summed E-state index contributed by atoms with van der Waals surface area (Å²) in [6.07, 6.45) is 0.557. The molecule has 0 radical (unpaired) electrons. The standard InChI is InChI=1S/C14H26N2O4/c1-10-9-16(5-6-20-10)13(19)15-8-11(12(17)18)7-14(2,3)4/h10-11H,5-9H2,1-4H3,(H,15,19)(H,17,18). The van der Waals surface area contributed by atoms with E-state index in [1.54, 1.807) is 4.90 Å². The second-order valence-corrected chi connectivity index (χ2v) is 6.61. The molecule has 1 fully saturated rings. The van der Waals surface area contributed by atoms with Crippen molar-refractivity contribution in [2.75, 3.05) is 26.2 Å². The number of carboxylic acid groups (broad SMARTS) is 1. The lowest BCUT2D eigenvalue weighted by atomic mass is 9.84. The number of urea groups is 1. The van der Waals surface area contributed by atoms with Crippen LogP contribution in [0.25, 0.3) is 0 Å². The minimum Gasteiger partial charge on any atom is -0.481 e. The van der Waals surface area contributed by atoms with Crippen molar-refractivity contribution in [1.29, 1.82) is 0 Å². The largest absolute Gasteiger partial charge is 0.481 e. The van der Waals surface area contributed by atoms with Crippen LogP contribution in [0.4, 0.5) is 4.79 Å². The second-order valence-electron chi connectivity index (χ2n) is 6.61. The van der Waals surface area contributed by atoms with Gasteiger partial charge < -0.3 is 20.1 Å². The van der Waals surface area contributed by atoms with Crippen LogP contribution in [0.1, 0.15) is 34.1 Å². The molecule has 0 aliphatic carbocycles. The first kappa shape index (κ1) is 16.8. The Balaban J connectivity index is 2.46. The van der Waals surface area contributed by atoms with E-state index < -0.39 is 11.9 Å². The Labute approximate surface area is 120 Å². The smallest absolute Gasteiger partial charge is 0.317 e. The van der Waals surface area contributed by atoms with Gasteiger partial charge in [-0.15, -0.1) is 0 Å². The fourth-order valence-electron chi connectivity index (χ4n) is 2.31. The Bertz CT molecular complexity index is 352. The van der Waals surface area contributed by atoms with Crippen LogP contribution in [0.2, 0.25) is 0 Å². The van der Waals surface area contributed by atoms with Crippen molar-refractivity contribution >= 4 is 12.0 Å². The molecule has 2 atom stereocenters. The van der Waals surface area contributed by atoms with Gasteiger partial charge in [0.25, 0.3) is 0 Å².